The second-order valence-electron chi connectivity index (χ2n) is 4.91. The maximum Gasteiger partial charge on any atom is 0.0431 e. The van der Waals surface area contributed by atoms with Gasteiger partial charge in [0.1, 0.15) is 0 Å². The first-order valence-electron chi connectivity index (χ1n) is 6.17. The van der Waals surface area contributed by atoms with Crippen LogP contribution in [0.25, 0.3) is 0 Å². The highest BCUT2D eigenvalue weighted by molar-refractivity contribution is 5.63. The van der Waals surface area contributed by atoms with Gasteiger partial charge >= 0.3 is 0 Å². The van der Waals surface area contributed by atoms with Gasteiger partial charge in [0, 0.05) is 18.8 Å². The van der Waals surface area contributed by atoms with Crippen molar-refractivity contribution in [3.8, 4) is 0 Å². The molecule has 1 aromatic rings. The lowest BCUT2D eigenvalue weighted by molar-refractivity contribution is 0.525. The number of nitrogens with two attached hydrogens (primary N) is 1. The van der Waals surface area contributed by atoms with E-state index in [1.165, 1.54) is 35.2 Å². The maximum atomic E-state index is 5.68. The van der Waals surface area contributed by atoms with Crippen LogP contribution in [-0.4, -0.2) is 19.6 Å². The van der Waals surface area contributed by atoms with Crippen LogP contribution in [0.1, 0.15) is 29.5 Å². The largest absolute Gasteiger partial charge is 0.371 e. The molecule has 0 saturated heterocycles. The summed E-state index contributed by atoms with van der Waals surface area (Å²) in [6.45, 7) is 5.21. The Bertz CT molecular complexity index is 385. The van der Waals surface area contributed by atoms with Crippen LogP contribution in [0.2, 0.25) is 0 Å². The second kappa shape index (κ2) is 4.46. The molecular formula is C14H22N2. The van der Waals surface area contributed by atoms with Gasteiger partial charge in [0.2, 0.25) is 0 Å². The molecular weight excluding hydrogens is 196 g/mol. The van der Waals surface area contributed by atoms with Crippen LogP contribution in [0.4, 0.5) is 5.69 Å². The summed E-state index contributed by atoms with van der Waals surface area (Å²) >= 11 is 0. The number of benzene rings is 1. The fraction of sp³-hybridized carbons (Fsp3) is 0.571. The molecule has 2 heteroatoms. The van der Waals surface area contributed by atoms with Crippen LogP contribution in [-0.2, 0) is 6.42 Å². The van der Waals surface area contributed by atoms with Gasteiger partial charge in [0.25, 0.3) is 0 Å². The minimum absolute atomic E-state index is 0.623. The normalized spacial score (nSPS) is 19.8. The fourth-order valence-corrected chi connectivity index (χ4v) is 2.88. The molecule has 2 nitrogen and oxygen atoms in total. The number of nitrogens with zero attached hydrogens (tertiary/aromatic N) is 1. The number of hydrogen-bond acceptors (Lipinski definition) is 2. The third kappa shape index (κ3) is 1.82. The van der Waals surface area contributed by atoms with Crippen LogP contribution in [0.15, 0.2) is 12.1 Å². The Labute approximate surface area is 98.4 Å². The molecule has 0 fully saturated rings. The van der Waals surface area contributed by atoms with Crippen LogP contribution in [0.3, 0.4) is 0 Å². The van der Waals surface area contributed by atoms with Gasteiger partial charge in [0.05, 0.1) is 0 Å². The lowest BCUT2D eigenvalue weighted by Crippen LogP contribution is -2.38. The Hall–Kier alpha value is -1.02. The number of rotatable bonds is 2. The van der Waals surface area contributed by atoms with Gasteiger partial charge in [-0.25, -0.2) is 0 Å². The molecule has 0 bridgehead atoms. The molecule has 1 unspecified atom stereocenters. The minimum Gasteiger partial charge on any atom is -0.371 e. The zero-order valence-electron chi connectivity index (χ0n) is 10.6. The van der Waals surface area contributed by atoms with Crippen LogP contribution in [0.5, 0.6) is 0 Å². The van der Waals surface area contributed by atoms with Crippen molar-refractivity contribution >= 4 is 5.69 Å². The van der Waals surface area contributed by atoms with E-state index < -0.39 is 0 Å². The highest BCUT2D eigenvalue weighted by Gasteiger charge is 2.24. The lowest BCUT2D eigenvalue weighted by atomic mass is 9.89. The quantitative estimate of drug-likeness (QED) is 0.826. The first-order valence-corrected chi connectivity index (χ1v) is 6.17. The number of hydrogen-bond donors (Lipinski definition) is 1. The molecule has 16 heavy (non-hydrogen) atoms. The van der Waals surface area contributed by atoms with E-state index in [-0.39, 0.29) is 0 Å². The summed E-state index contributed by atoms with van der Waals surface area (Å²) in [7, 11) is 2.21. The van der Waals surface area contributed by atoms with Gasteiger partial charge in [-0.3, -0.25) is 0 Å². The number of anilines is 1. The van der Waals surface area contributed by atoms with Crippen molar-refractivity contribution in [1.82, 2.24) is 0 Å². The average Bonchev–Trinajstić information content (AvgIpc) is 2.27. The molecule has 0 saturated carbocycles. The molecule has 0 aliphatic carbocycles. The minimum atomic E-state index is 0.623. The lowest BCUT2D eigenvalue weighted by Gasteiger charge is -2.38. The Balaban J connectivity index is 2.40. The summed E-state index contributed by atoms with van der Waals surface area (Å²) in [6.07, 6.45) is 3.55. The van der Waals surface area contributed by atoms with Gasteiger partial charge in [-0.1, -0.05) is 12.1 Å². The van der Waals surface area contributed by atoms with E-state index >= 15 is 0 Å². The first-order chi connectivity index (χ1) is 7.65. The van der Waals surface area contributed by atoms with Crippen molar-refractivity contribution in [2.75, 3.05) is 18.5 Å². The monoisotopic (exact) mass is 218 g/mol. The highest BCUT2D eigenvalue weighted by Crippen LogP contribution is 2.35. The van der Waals surface area contributed by atoms with Gasteiger partial charge in [0.15, 0.2) is 0 Å². The highest BCUT2D eigenvalue weighted by atomic mass is 15.1. The third-order valence-corrected chi connectivity index (χ3v) is 3.85. The van der Waals surface area contributed by atoms with Gasteiger partial charge in [-0.15, -0.1) is 0 Å². The van der Waals surface area contributed by atoms with E-state index in [0.29, 0.717) is 6.04 Å². The topological polar surface area (TPSA) is 29.3 Å². The smallest absolute Gasteiger partial charge is 0.0431 e. The zero-order chi connectivity index (χ0) is 11.7. The Kier molecular flexibility index (Phi) is 3.20. The van der Waals surface area contributed by atoms with Crippen molar-refractivity contribution in [1.29, 1.82) is 0 Å². The summed E-state index contributed by atoms with van der Waals surface area (Å²) in [5, 5.41) is 0. The molecule has 88 valence electrons. The van der Waals surface area contributed by atoms with E-state index in [4.69, 9.17) is 5.73 Å². The zero-order valence-corrected chi connectivity index (χ0v) is 10.6. The molecule has 1 atom stereocenters. The molecule has 2 rings (SSSR count). The van der Waals surface area contributed by atoms with Crippen LogP contribution < -0.4 is 10.6 Å². The van der Waals surface area contributed by atoms with Crippen molar-refractivity contribution in [2.45, 2.75) is 39.2 Å². The van der Waals surface area contributed by atoms with Crippen molar-refractivity contribution in [2.24, 2.45) is 5.73 Å². The van der Waals surface area contributed by atoms with E-state index in [1.54, 1.807) is 0 Å². The SMILES string of the molecule is Cc1ccc(C)c2c1CCC(CCN)N2C. The number of aryl methyl sites for hydroxylation is 2. The molecule has 1 aromatic carbocycles. The fourth-order valence-electron chi connectivity index (χ4n) is 2.88. The Morgan fingerprint density at radius 3 is 2.69 bits per heavy atom. The van der Waals surface area contributed by atoms with Crippen LogP contribution in [0, 0.1) is 13.8 Å². The molecule has 0 amide bonds. The van der Waals surface area contributed by atoms with Crippen LogP contribution >= 0.6 is 0 Å². The van der Waals surface area contributed by atoms with E-state index in [2.05, 4.69) is 37.9 Å². The Morgan fingerprint density at radius 2 is 2.00 bits per heavy atom. The number of fused-ring (bicyclic) bond motifs is 1. The van der Waals surface area contributed by atoms with Crippen molar-refractivity contribution < 1.29 is 0 Å². The second-order valence-corrected chi connectivity index (χ2v) is 4.91. The van der Waals surface area contributed by atoms with Gasteiger partial charge in [-0.2, -0.15) is 0 Å². The first kappa shape index (κ1) is 11.5. The molecule has 2 N–H and O–H groups in total. The van der Waals surface area contributed by atoms with Crippen molar-refractivity contribution in [3.63, 3.8) is 0 Å². The summed E-state index contributed by atoms with van der Waals surface area (Å²) in [5.74, 6) is 0. The average molecular weight is 218 g/mol. The summed E-state index contributed by atoms with van der Waals surface area (Å²) in [6, 6.07) is 5.10. The summed E-state index contributed by atoms with van der Waals surface area (Å²) in [5.41, 5.74) is 11.5. The van der Waals surface area contributed by atoms with E-state index in [9.17, 15) is 0 Å². The molecule has 1 aliphatic rings. The predicted octanol–water partition coefficient (Wildman–Crippen LogP) is 2.40. The molecule has 0 spiro atoms. The molecule has 1 heterocycles. The summed E-state index contributed by atoms with van der Waals surface area (Å²) in [4.78, 5) is 2.44. The molecule has 0 radical (unpaired) electrons. The van der Waals surface area contributed by atoms with Crippen molar-refractivity contribution in [3.05, 3.63) is 28.8 Å². The molecule has 1 aliphatic heterocycles. The Morgan fingerprint density at radius 1 is 1.31 bits per heavy atom. The third-order valence-electron chi connectivity index (χ3n) is 3.85. The molecule has 0 aromatic heterocycles. The standard InChI is InChI=1S/C14H22N2/c1-10-4-5-11(2)14-13(10)7-6-12(8-9-15)16(14)3/h4-5,12H,6-9,15H2,1-3H3. The maximum absolute atomic E-state index is 5.68. The van der Waals surface area contributed by atoms with E-state index in [0.717, 1.165) is 13.0 Å². The van der Waals surface area contributed by atoms with Gasteiger partial charge < -0.3 is 10.6 Å². The van der Waals surface area contributed by atoms with Gasteiger partial charge in [-0.05, 0) is 56.3 Å². The predicted molar refractivity (Wildman–Crippen MR) is 70.1 cm³/mol. The summed E-state index contributed by atoms with van der Waals surface area (Å²) < 4.78 is 0. The van der Waals surface area contributed by atoms with E-state index in [1.807, 2.05) is 0 Å².